The number of rotatable bonds is 9. The van der Waals surface area contributed by atoms with Gasteiger partial charge in [0.1, 0.15) is 17.9 Å². The Morgan fingerprint density at radius 2 is 1.55 bits per heavy atom. The van der Waals surface area contributed by atoms with E-state index in [1.807, 2.05) is 0 Å². The van der Waals surface area contributed by atoms with Crippen molar-refractivity contribution in [2.75, 3.05) is 6.61 Å². The van der Waals surface area contributed by atoms with Crippen molar-refractivity contribution in [3.8, 4) is 5.75 Å². The van der Waals surface area contributed by atoms with E-state index in [0.717, 1.165) is 39.0 Å². The maximum atomic E-state index is 12.9. The Kier molecular flexibility index (Phi) is 9.33. The standard InChI is InChI=1S/C25H25NO12/c1-14(27)35-21-13-34-25(23(37-16(3)29)22(21)36-15(2)28)38-20-10-9-18(26(31)32)11-19(20)24(30)33-12-17-7-5-4-6-8-17/h4-11,21-23,25H,12-13H2,1-3H3/t21-,22-,23-,25?/m1/s1. The van der Waals surface area contributed by atoms with E-state index in [0.29, 0.717) is 5.56 Å². The van der Waals surface area contributed by atoms with Gasteiger partial charge in [-0.2, -0.15) is 0 Å². The molecule has 0 spiro atoms. The molecule has 1 fully saturated rings. The molecule has 0 radical (unpaired) electrons. The third-order valence-corrected chi connectivity index (χ3v) is 5.15. The topological polar surface area (TPSA) is 167 Å². The number of non-ortho nitro benzene ring substituents is 1. The van der Waals surface area contributed by atoms with Crippen LogP contribution in [0.4, 0.5) is 5.69 Å². The van der Waals surface area contributed by atoms with Crippen molar-refractivity contribution in [3.05, 3.63) is 69.8 Å². The maximum Gasteiger partial charge on any atom is 0.342 e. The van der Waals surface area contributed by atoms with Crippen molar-refractivity contribution >= 4 is 29.6 Å². The zero-order valence-electron chi connectivity index (χ0n) is 20.7. The summed E-state index contributed by atoms with van der Waals surface area (Å²) in [5.41, 5.74) is -0.0238. The summed E-state index contributed by atoms with van der Waals surface area (Å²) in [4.78, 5) is 58.7. The van der Waals surface area contributed by atoms with Gasteiger partial charge < -0.3 is 28.4 Å². The van der Waals surface area contributed by atoms with E-state index in [1.165, 1.54) is 0 Å². The van der Waals surface area contributed by atoms with Gasteiger partial charge in [-0.1, -0.05) is 30.3 Å². The van der Waals surface area contributed by atoms with Crippen LogP contribution in [0.15, 0.2) is 48.5 Å². The summed E-state index contributed by atoms with van der Waals surface area (Å²) < 4.78 is 32.4. The van der Waals surface area contributed by atoms with E-state index in [-0.39, 0.29) is 24.5 Å². The van der Waals surface area contributed by atoms with Gasteiger partial charge in [0, 0.05) is 32.9 Å². The van der Waals surface area contributed by atoms with E-state index in [1.54, 1.807) is 30.3 Å². The number of nitro benzene ring substituents is 1. The van der Waals surface area contributed by atoms with Crippen LogP contribution in [0.3, 0.4) is 0 Å². The summed E-state index contributed by atoms with van der Waals surface area (Å²) in [5, 5.41) is 11.3. The summed E-state index contributed by atoms with van der Waals surface area (Å²) >= 11 is 0. The molecule has 3 rings (SSSR count). The van der Waals surface area contributed by atoms with Gasteiger partial charge in [0.25, 0.3) is 5.69 Å². The maximum absolute atomic E-state index is 12.9. The summed E-state index contributed by atoms with van der Waals surface area (Å²) in [6, 6.07) is 12.0. The minimum Gasteiger partial charge on any atom is -0.460 e. The smallest absolute Gasteiger partial charge is 0.342 e. The summed E-state index contributed by atoms with van der Waals surface area (Å²) in [7, 11) is 0. The minimum atomic E-state index is -1.46. The summed E-state index contributed by atoms with van der Waals surface area (Å²) in [6.07, 6.45) is -5.34. The van der Waals surface area contributed by atoms with Crippen LogP contribution in [0.25, 0.3) is 0 Å². The quantitative estimate of drug-likeness (QED) is 0.201. The first-order valence-corrected chi connectivity index (χ1v) is 11.3. The Hall–Kier alpha value is -4.52. The van der Waals surface area contributed by atoms with Crippen molar-refractivity contribution in [2.45, 2.75) is 52.0 Å². The lowest BCUT2D eigenvalue weighted by Gasteiger charge is -2.40. The normalized spacial score (nSPS) is 20.5. The Labute approximate surface area is 216 Å². The van der Waals surface area contributed by atoms with E-state index in [2.05, 4.69) is 0 Å². The van der Waals surface area contributed by atoms with Gasteiger partial charge in [0.05, 0.1) is 11.5 Å². The highest BCUT2D eigenvalue weighted by molar-refractivity contribution is 5.93. The van der Waals surface area contributed by atoms with E-state index < -0.39 is 59.1 Å². The Morgan fingerprint density at radius 3 is 2.16 bits per heavy atom. The molecule has 1 aliphatic heterocycles. The molecular formula is C25H25NO12. The molecule has 2 aromatic rings. The molecule has 13 nitrogen and oxygen atoms in total. The van der Waals surface area contributed by atoms with Crippen LogP contribution in [0, 0.1) is 10.1 Å². The predicted octanol–water partition coefficient (Wildman–Crippen LogP) is 2.48. The zero-order valence-corrected chi connectivity index (χ0v) is 20.7. The number of ether oxygens (including phenoxy) is 6. The Morgan fingerprint density at radius 1 is 0.921 bits per heavy atom. The molecule has 0 amide bonds. The van der Waals surface area contributed by atoms with Crippen LogP contribution in [0.5, 0.6) is 5.75 Å². The lowest BCUT2D eigenvalue weighted by Crippen LogP contribution is -2.59. The molecule has 0 aliphatic carbocycles. The van der Waals surface area contributed by atoms with Crippen molar-refractivity contribution < 1.29 is 52.5 Å². The van der Waals surface area contributed by atoms with Crippen LogP contribution in [0.2, 0.25) is 0 Å². The number of nitro groups is 1. The molecule has 202 valence electrons. The Bertz CT molecular complexity index is 1200. The lowest BCUT2D eigenvalue weighted by atomic mass is 10.0. The highest BCUT2D eigenvalue weighted by Gasteiger charge is 2.48. The van der Waals surface area contributed by atoms with Crippen LogP contribution < -0.4 is 4.74 Å². The predicted molar refractivity (Wildman–Crippen MR) is 126 cm³/mol. The van der Waals surface area contributed by atoms with Gasteiger partial charge in [-0.3, -0.25) is 24.5 Å². The van der Waals surface area contributed by atoms with Crippen molar-refractivity contribution in [1.82, 2.24) is 0 Å². The molecule has 1 heterocycles. The number of esters is 4. The molecule has 0 saturated carbocycles. The highest BCUT2D eigenvalue weighted by atomic mass is 16.7. The Balaban J connectivity index is 1.92. The van der Waals surface area contributed by atoms with Gasteiger partial charge in [0.2, 0.25) is 12.4 Å². The molecular weight excluding hydrogens is 506 g/mol. The molecule has 0 N–H and O–H groups in total. The van der Waals surface area contributed by atoms with Crippen LogP contribution in [0.1, 0.15) is 36.7 Å². The molecule has 1 saturated heterocycles. The first-order chi connectivity index (χ1) is 18.0. The second-order valence-electron chi connectivity index (χ2n) is 8.11. The van der Waals surface area contributed by atoms with Crippen LogP contribution in [-0.4, -0.2) is 60.0 Å². The van der Waals surface area contributed by atoms with E-state index >= 15 is 0 Å². The molecule has 1 aliphatic rings. The van der Waals surface area contributed by atoms with Crippen molar-refractivity contribution in [2.24, 2.45) is 0 Å². The minimum absolute atomic E-state index is 0.115. The third kappa shape index (κ3) is 7.49. The largest absolute Gasteiger partial charge is 0.460 e. The first kappa shape index (κ1) is 28.1. The third-order valence-electron chi connectivity index (χ3n) is 5.15. The molecule has 1 unspecified atom stereocenters. The molecule has 0 aromatic heterocycles. The molecule has 0 bridgehead atoms. The number of benzene rings is 2. The van der Waals surface area contributed by atoms with Gasteiger partial charge in [-0.25, -0.2) is 4.79 Å². The van der Waals surface area contributed by atoms with Gasteiger partial charge in [0.15, 0.2) is 12.2 Å². The SMILES string of the molecule is CC(=O)O[C@@H]1[C@H](OC(C)=O)COC(Oc2ccc([N+](=O)[O-])cc2C(=O)OCc2ccccc2)[C@@H]1OC(C)=O. The van der Waals surface area contributed by atoms with Crippen LogP contribution >= 0.6 is 0 Å². The van der Waals surface area contributed by atoms with Crippen molar-refractivity contribution in [1.29, 1.82) is 0 Å². The average molecular weight is 531 g/mol. The van der Waals surface area contributed by atoms with Gasteiger partial charge in [-0.05, 0) is 11.6 Å². The molecule has 2 aromatic carbocycles. The average Bonchev–Trinajstić information content (AvgIpc) is 2.85. The fourth-order valence-corrected chi connectivity index (χ4v) is 3.63. The molecule has 13 heteroatoms. The highest BCUT2D eigenvalue weighted by Crippen LogP contribution is 2.31. The molecule has 4 atom stereocenters. The van der Waals surface area contributed by atoms with Crippen LogP contribution in [-0.2, 0) is 44.7 Å². The number of hydrogen-bond acceptors (Lipinski definition) is 12. The second-order valence-corrected chi connectivity index (χ2v) is 8.11. The zero-order chi connectivity index (χ0) is 27.8. The summed E-state index contributed by atoms with van der Waals surface area (Å²) in [5.74, 6) is -3.37. The monoisotopic (exact) mass is 531 g/mol. The fraction of sp³-hybridized carbons (Fsp3) is 0.360. The van der Waals surface area contributed by atoms with Gasteiger partial charge >= 0.3 is 23.9 Å². The van der Waals surface area contributed by atoms with Crippen molar-refractivity contribution in [3.63, 3.8) is 0 Å². The van der Waals surface area contributed by atoms with E-state index in [4.69, 9.17) is 28.4 Å². The first-order valence-electron chi connectivity index (χ1n) is 11.3. The van der Waals surface area contributed by atoms with E-state index in [9.17, 15) is 29.3 Å². The lowest BCUT2D eigenvalue weighted by molar-refractivity contribution is -0.384. The second kappa shape index (κ2) is 12.6. The number of carbonyl (C=O) groups is 4. The molecule has 38 heavy (non-hydrogen) atoms. The summed E-state index contributed by atoms with van der Waals surface area (Å²) in [6.45, 7) is 2.91. The number of nitrogens with zero attached hydrogens (tertiary/aromatic N) is 1. The number of carbonyl (C=O) groups excluding carboxylic acids is 4. The van der Waals surface area contributed by atoms with Gasteiger partial charge in [-0.15, -0.1) is 0 Å². The fourth-order valence-electron chi connectivity index (χ4n) is 3.63. The number of hydrogen-bond donors (Lipinski definition) is 0.